The molecule has 1 saturated heterocycles. The van der Waals surface area contributed by atoms with E-state index in [0.29, 0.717) is 44.3 Å². The summed E-state index contributed by atoms with van der Waals surface area (Å²) in [6.45, 7) is 2.53. The van der Waals surface area contributed by atoms with E-state index in [0.717, 1.165) is 16.8 Å². The lowest BCUT2D eigenvalue weighted by atomic mass is 10.0. The highest BCUT2D eigenvalue weighted by Gasteiger charge is 2.32. The average molecular weight is 404 g/mol. The van der Waals surface area contributed by atoms with Crippen molar-refractivity contribution in [1.29, 1.82) is 0 Å². The SMILES string of the molecule is O=C(O)C1CN(Cc2cc(OCc3ccccc3)c(OCc3ccccc3)cn2)C1. The number of aromatic nitrogens is 1. The van der Waals surface area contributed by atoms with Crippen molar-refractivity contribution in [2.45, 2.75) is 19.8 Å². The minimum Gasteiger partial charge on any atom is -0.485 e. The molecule has 0 saturated carbocycles. The van der Waals surface area contributed by atoms with Crippen LogP contribution in [0.15, 0.2) is 72.9 Å². The molecule has 6 nitrogen and oxygen atoms in total. The third-order valence-corrected chi connectivity index (χ3v) is 5.05. The molecule has 1 aliphatic rings. The standard InChI is InChI=1S/C24H24N2O4/c27-24(28)20-13-26(14-20)15-21-11-22(29-16-18-7-3-1-4-8-18)23(12-25-21)30-17-19-9-5-2-6-10-19/h1-12,20H,13-17H2,(H,27,28). The van der Waals surface area contributed by atoms with Gasteiger partial charge in [0.1, 0.15) is 13.2 Å². The molecule has 6 heteroatoms. The van der Waals surface area contributed by atoms with Crippen molar-refractivity contribution in [2.75, 3.05) is 13.1 Å². The lowest BCUT2D eigenvalue weighted by Crippen LogP contribution is -2.49. The lowest BCUT2D eigenvalue weighted by molar-refractivity contribution is -0.147. The molecule has 2 heterocycles. The van der Waals surface area contributed by atoms with Gasteiger partial charge in [0, 0.05) is 25.7 Å². The highest BCUT2D eigenvalue weighted by molar-refractivity contribution is 5.71. The Morgan fingerprint density at radius 2 is 1.50 bits per heavy atom. The van der Waals surface area contributed by atoms with Crippen LogP contribution in [0.1, 0.15) is 16.8 Å². The molecule has 2 aromatic carbocycles. The highest BCUT2D eigenvalue weighted by atomic mass is 16.5. The largest absolute Gasteiger partial charge is 0.485 e. The summed E-state index contributed by atoms with van der Waals surface area (Å²) >= 11 is 0. The van der Waals surface area contributed by atoms with Gasteiger partial charge in [-0.05, 0) is 11.1 Å². The van der Waals surface area contributed by atoms with Crippen molar-refractivity contribution in [2.24, 2.45) is 5.92 Å². The number of likely N-dealkylation sites (tertiary alicyclic amines) is 1. The second kappa shape index (κ2) is 9.41. The number of rotatable bonds is 9. The van der Waals surface area contributed by atoms with Crippen LogP contribution < -0.4 is 9.47 Å². The smallest absolute Gasteiger partial charge is 0.309 e. The summed E-state index contributed by atoms with van der Waals surface area (Å²) in [4.78, 5) is 17.6. The molecule has 154 valence electrons. The average Bonchev–Trinajstić information content (AvgIpc) is 2.75. The third-order valence-electron chi connectivity index (χ3n) is 5.05. The minimum atomic E-state index is -0.740. The summed E-state index contributed by atoms with van der Waals surface area (Å²) in [6.07, 6.45) is 1.69. The van der Waals surface area contributed by atoms with Crippen molar-refractivity contribution >= 4 is 5.97 Å². The van der Waals surface area contributed by atoms with Gasteiger partial charge in [0.05, 0.1) is 17.8 Å². The van der Waals surface area contributed by atoms with E-state index < -0.39 is 5.97 Å². The van der Waals surface area contributed by atoms with E-state index in [1.165, 1.54) is 0 Å². The van der Waals surface area contributed by atoms with Crippen molar-refractivity contribution in [1.82, 2.24) is 9.88 Å². The first-order chi connectivity index (χ1) is 14.7. The second-order valence-corrected chi connectivity index (χ2v) is 7.40. The number of hydrogen-bond acceptors (Lipinski definition) is 5. The molecule has 0 atom stereocenters. The quantitative estimate of drug-likeness (QED) is 0.586. The molecule has 1 aromatic heterocycles. The molecule has 0 spiro atoms. The molecule has 0 amide bonds. The van der Waals surface area contributed by atoms with Crippen molar-refractivity contribution in [3.8, 4) is 11.5 Å². The summed E-state index contributed by atoms with van der Waals surface area (Å²) in [5.74, 6) is 0.198. The van der Waals surface area contributed by atoms with Crippen LogP contribution in [-0.2, 0) is 24.6 Å². The molecular formula is C24H24N2O4. The molecule has 1 N–H and O–H groups in total. The Labute approximate surface area is 175 Å². The van der Waals surface area contributed by atoms with Crippen LogP contribution >= 0.6 is 0 Å². The van der Waals surface area contributed by atoms with Crippen molar-refractivity contribution < 1.29 is 19.4 Å². The van der Waals surface area contributed by atoms with E-state index in [1.807, 2.05) is 66.7 Å². The number of hydrogen-bond donors (Lipinski definition) is 1. The Morgan fingerprint density at radius 3 is 2.07 bits per heavy atom. The van der Waals surface area contributed by atoms with Crippen molar-refractivity contribution in [3.63, 3.8) is 0 Å². The van der Waals surface area contributed by atoms with Crippen LogP contribution in [0.25, 0.3) is 0 Å². The molecular weight excluding hydrogens is 380 g/mol. The molecule has 1 fully saturated rings. The zero-order valence-corrected chi connectivity index (χ0v) is 16.6. The predicted molar refractivity (Wildman–Crippen MR) is 112 cm³/mol. The van der Waals surface area contributed by atoms with Gasteiger partial charge in [0.15, 0.2) is 11.5 Å². The Balaban J connectivity index is 1.45. The van der Waals surface area contributed by atoms with Gasteiger partial charge in [-0.25, -0.2) is 0 Å². The maximum Gasteiger partial charge on any atom is 0.309 e. The Hall–Kier alpha value is -3.38. The normalized spacial score (nSPS) is 14.1. The molecule has 30 heavy (non-hydrogen) atoms. The second-order valence-electron chi connectivity index (χ2n) is 7.40. The van der Waals surface area contributed by atoms with Crippen LogP contribution in [0.4, 0.5) is 0 Å². The zero-order chi connectivity index (χ0) is 20.8. The number of carboxylic acid groups (broad SMARTS) is 1. The number of benzene rings is 2. The number of carboxylic acids is 1. The minimum absolute atomic E-state index is 0.285. The van der Waals surface area contributed by atoms with Gasteiger partial charge < -0.3 is 14.6 Å². The molecule has 3 aromatic rings. The molecule has 0 unspecified atom stereocenters. The van der Waals surface area contributed by atoms with Gasteiger partial charge in [-0.15, -0.1) is 0 Å². The molecule has 4 rings (SSSR count). The predicted octanol–water partition coefficient (Wildman–Crippen LogP) is 3.76. The van der Waals surface area contributed by atoms with Gasteiger partial charge >= 0.3 is 5.97 Å². The topological polar surface area (TPSA) is 71.9 Å². The van der Waals surface area contributed by atoms with E-state index in [-0.39, 0.29) is 5.92 Å². The monoisotopic (exact) mass is 404 g/mol. The van der Waals surface area contributed by atoms with E-state index in [2.05, 4.69) is 9.88 Å². The van der Waals surface area contributed by atoms with Crippen LogP contribution in [0.3, 0.4) is 0 Å². The summed E-state index contributed by atoms with van der Waals surface area (Å²) < 4.78 is 12.0. The lowest BCUT2D eigenvalue weighted by Gasteiger charge is -2.36. The number of aliphatic carboxylic acids is 1. The summed E-state index contributed by atoms with van der Waals surface area (Å²) in [5, 5.41) is 9.05. The Bertz CT molecular complexity index is 973. The zero-order valence-electron chi connectivity index (χ0n) is 16.6. The van der Waals surface area contributed by atoms with Gasteiger partial charge in [0.25, 0.3) is 0 Å². The fraction of sp³-hybridized carbons (Fsp3) is 0.250. The molecule has 0 aliphatic carbocycles. The van der Waals surface area contributed by atoms with E-state index in [1.54, 1.807) is 6.20 Å². The first-order valence-corrected chi connectivity index (χ1v) is 9.95. The van der Waals surface area contributed by atoms with Crippen molar-refractivity contribution in [3.05, 3.63) is 89.7 Å². The Kier molecular flexibility index (Phi) is 6.25. The first kappa shape index (κ1) is 19.9. The highest BCUT2D eigenvalue weighted by Crippen LogP contribution is 2.30. The number of ether oxygens (including phenoxy) is 2. The summed E-state index contributed by atoms with van der Waals surface area (Å²) in [7, 11) is 0. The van der Waals surface area contributed by atoms with E-state index in [4.69, 9.17) is 14.6 Å². The van der Waals surface area contributed by atoms with E-state index >= 15 is 0 Å². The maximum atomic E-state index is 11.0. The van der Waals surface area contributed by atoms with Crippen LogP contribution in [0, 0.1) is 5.92 Å². The maximum absolute atomic E-state index is 11.0. The van der Waals surface area contributed by atoms with Crippen LogP contribution in [-0.4, -0.2) is 34.0 Å². The van der Waals surface area contributed by atoms with Crippen LogP contribution in [0.5, 0.6) is 11.5 Å². The molecule has 0 radical (unpaired) electrons. The fourth-order valence-electron chi connectivity index (χ4n) is 3.33. The Morgan fingerprint density at radius 1 is 0.933 bits per heavy atom. The molecule has 1 aliphatic heterocycles. The number of nitrogens with zero attached hydrogens (tertiary/aromatic N) is 2. The van der Waals surface area contributed by atoms with E-state index in [9.17, 15) is 4.79 Å². The number of pyridine rings is 1. The van der Waals surface area contributed by atoms with Crippen LogP contribution in [0.2, 0.25) is 0 Å². The first-order valence-electron chi connectivity index (χ1n) is 9.95. The van der Waals surface area contributed by atoms with Gasteiger partial charge in [-0.2, -0.15) is 0 Å². The van der Waals surface area contributed by atoms with Gasteiger partial charge in [-0.3, -0.25) is 14.7 Å². The summed E-state index contributed by atoms with van der Waals surface area (Å²) in [5.41, 5.74) is 2.96. The molecule has 0 bridgehead atoms. The summed E-state index contributed by atoms with van der Waals surface area (Å²) in [6, 6.07) is 21.8. The van der Waals surface area contributed by atoms with Gasteiger partial charge in [-0.1, -0.05) is 60.7 Å². The van der Waals surface area contributed by atoms with Gasteiger partial charge in [0.2, 0.25) is 0 Å². The fourth-order valence-corrected chi connectivity index (χ4v) is 3.33. The number of carbonyl (C=O) groups is 1. The third kappa shape index (κ3) is 5.15.